The molecule has 0 saturated carbocycles. The van der Waals surface area contributed by atoms with Crippen LogP contribution in [0.1, 0.15) is 30.4 Å². The Morgan fingerprint density at radius 2 is 2.20 bits per heavy atom. The zero-order valence-electron chi connectivity index (χ0n) is 14.7. The number of aryl methyl sites for hydroxylation is 1. The molecule has 0 spiro atoms. The molecule has 1 atom stereocenters. The van der Waals surface area contributed by atoms with Gasteiger partial charge in [-0.05, 0) is 30.5 Å². The van der Waals surface area contributed by atoms with Gasteiger partial charge in [0.05, 0.1) is 12.7 Å². The topological polar surface area (TPSA) is 45.5 Å². The molecule has 7 heteroatoms. The first kappa shape index (κ1) is 20.0. The highest BCUT2D eigenvalue weighted by atomic mass is 127. The molecule has 0 amide bonds. The predicted molar refractivity (Wildman–Crippen MR) is 114 cm³/mol. The molecule has 2 aromatic rings. The van der Waals surface area contributed by atoms with Gasteiger partial charge in [-0.1, -0.05) is 29.8 Å². The third kappa shape index (κ3) is 5.10. The van der Waals surface area contributed by atoms with Crippen LogP contribution in [0.15, 0.2) is 41.7 Å². The molecule has 25 heavy (non-hydrogen) atoms. The number of guanidine groups is 1. The second-order valence-corrected chi connectivity index (χ2v) is 6.55. The van der Waals surface area contributed by atoms with Gasteiger partial charge >= 0.3 is 0 Å². The maximum absolute atomic E-state index is 6.24. The van der Waals surface area contributed by atoms with Crippen molar-refractivity contribution in [2.24, 2.45) is 12.0 Å². The molecule has 0 radical (unpaired) electrons. The van der Waals surface area contributed by atoms with Crippen molar-refractivity contribution in [1.82, 2.24) is 20.0 Å². The third-order valence-corrected chi connectivity index (χ3v) is 4.74. The van der Waals surface area contributed by atoms with Crippen LogP contribution in [0.25, 0.3) is 0 Å². The zero-order chi connectivity index (χ0) is 16.9. The molecule has 0 bridgehead atoms. The summed E-state index contributed by atoms with van der Waals surface area (Å²) in [5, 5.41) is 8.46. The molecule has 5 nitrogen and oxygen atoms in total. The first-order valence-corrected chi connectivity index (χ1v) is 8.80. The van der Waals surface area contributed by atoms with Crippen molar-refractivity contribution in [3.05, 3.63) is 52.8 Å². The molecule has 1 aromatic carbocycles. The fourth-order valence-electron chi connectivity index (χ4n) is 3.09. The van der Waals surface area contributed by atoms with E-state index >= 15 is 0 Å². The second-order valence-electron chi connectivity index (χ2n) is 6.14. The van der Waals surface area contributed by atoms with E-state index in [0.29, 0.717) is 12.5 Å². The van der Waals surface area contributed by atoms with E-state index in [1.165, 1.54) is 5.56 Å². The molecule has 3 rings (SSSR count). The van der Waals surface area contributed by atoms with E-state index in [4.69, 9.17) is 16.6 Å². The summed E-state index contributed by atoms with van der Waals surface area (Å²) in [6, 6.07) is 7.88. The van der Waals surface area contributed by atoms with Crippen LogP contribution in [0, 0.1) is 0 Å². The Kier molecular flexibility index (Phi) is 7.56. The average molecular weight is 474 g/mol. The van der Waals surface area contributed by atoms with E-state index in [0.717, 1.165) is 42.6 Å². The molecule has 2 heterocycles. The van der Waals surface area contributed by atoms with E-state index in [-0.39, 0.29) is 24.0 Å². The minimum atomic E-state index is 0. The maximum atomic E-state index is 6.24. The Morgan fingerprint density at radius 1 is 1.40 bits per heavy atom. The summed E-state index contributed by atoms with van der Waals surface area (Å²) in [4.78, 5) is 7.12. The van der Waals surface area contributed by atoms with E-state index in [9.17, 15) is 0 Å². The lowest BCUT2D eigenvalue weighted by Crippen LogP contribution is -2.40. The molecule has 1 aromatic heterocycles. The smallest absolute Gasteiger partial charge is 0.194 e. The molecule has 1 saturated heterocycles. The minimum absolute atomic E-state index is 0. The molecule has 1 N–H and O–H groups in total. The van der Waals surface area contributed by atoms with Crippen molar-refractivity contribution >= 4 is 41.5 Å². The number of nitrogens with zero attached hydrogens (tertiary/aromatic N) is 4. The molecule has 1 aliphatic heterocycles. The summed E-state index contributed by atoms with van der Waals surface area (Å²) in [5.74, 6) is 1.48. The highest BCUT2D eigenvalue weighted by Gasteiger charge is 2.26. The number of nitrogens with one attached hydrogen (secondary N) is 1. The van der Waals surface area contributed by atoms with Crippen LogP contribution in [0.2, 0.25) is 5.02 Å². The fourth-order valence-corrected chi connectivity index (χ4v) is 3.28. The quantitative estimate of drug-likeness (QED) is 0.419. The maximum Gasteiger partial charge on any atom is 0.194 e. The Bertz CT molecular complexity index is 715. The van der Waals surface area contributed by atoms with Crippen molar-refractivity contribution in [3.63, 3.8) is 0 Å². The van der Waals surface area contributed by atoms with Crippen LogP contribution >= 0.6 is 35.6 Å². The number of aromatic nitrogens is 2. The summed E-state index contributed by atoms with van der Waals surface area (Å²) >= 11 is 6.24. The number of rotatable bonds is 4. The lowest BCUT2D eigenvalue weighted by Gasteiger charge is -2.21. The Labute approximate surface area is 171 Å². The lowest BCUT2D eigenvalue weighted by molar-refractivity contribution is 0.486. The first-order chi connectivity index (χ1) is 11.7. The van der Waals surface area contributed by atoms with Crippen molar-refractivity contribution in [3.8, 4) is 0 Å². The standard InChI is InChI=1S/C18H24ClN5.HI/c1-3-20-18(21-10-14-6-4-5-7-17(14)19)24-9-8-15(13-24)16-11-22-23(2)12-16;/h4-7,11-12,15H,3,8-10,13H2,1-2H3,(H,20,21);1H. The molecule has 0 aliphatic carbocycles. The molecular formula is C18H25ClIN5. The predicted octanol–water partition coefficient (Wildman–Crippen LogP) is 3.65. The monoisotopic (exact) mass is 473 g/mol. The molecular weight excluding hydrogens is 449 g/mol. The molecule has 136 valence electrons. The summed E-state index contributed by atoms with van der Waals surface area (Å²) in [5.41, 5.74) is 2.36. The van der Waals surface area contributed by atoms with Gasteiger partial charge in [-0.2, -0.15) is 5.10 Å². The third-order valence-electron chi connectivity index (χ3n) is 4.38. The van der Waals surface area contributed by atoms with Crippen LogP contribution in [0.3, 0.4) is 0 Å². The lowest BCUT2D eigenvalue weighted by atomic mass is 10.0. The van der Waals surface area contributed by atoms with Crippen molar-refractivity contribution in [1.29, 1.82) is 0 Å². The summed E-state index contributed by atoms with van der Waals surface area (Å²) in [6.07, 6.45) is 5.21. The number of aliphatic imine (C=N–C) groups is 1. The molecule has 1 aliphatic rings. The van der Waals surface area contributed by atoms with Gasteiger partial charge in [0.2, 0.25) is 0 Å². The SMILES string of the molecule is CCNC(=NCc1ccccc1Cl)N1CCC(c2cnn(C)c2)C1.I. The summed E-state index contributed by atoms with van der Waals surface area (Å²) in [6.45, 7) is 5.53. The highest BCUT2D eigenvalue weighted by Crippen LogP contribution is 2.27. The highest BCUT2D eigenvalue weighted by molar-refractivity contribution is 14.0. The van der Waals surface area contributed by atoms with E-state index < -0.39 is 0 Å². The Balaban J connectivity index is 0.00000225. The van der Waals surface area contributed by atoms with Gasteiger partial charge in [0.15, 0.2) is 5.96 Å². The van der Waals surface area contributed by atoms with Gasteiger partial charge in [0.1, 0.15) is 0 Å². The van der Waals surface area contributed by atoms with E-state index in [1.54, 1.807) is 0 Å². The number of likely N-dealkylation sites (tertiary alicyclic amines) is 1. The van der Waals surface area contributed by atoms with Crippen LogP contribution in [0.4, 0.5) is 0 Å². The van der Waals surface area contributed by atoms with Gasteiger partial charge < -0.3 is 10.2 Å². The van der Waals surface area contributed by atoms with Crippen LogP contribution in [-0.4, -0.2) is 40.3 Å². The largest absolute Gasteiger partial charge is 0.357 e. The first-order valence-electron chi connectivity index (χ1n) is 8.42. The number of hydrogen-bond donors (Lipinski definition) is 1. The van der Waals surface area contributed by atoms with Crippen LogP contribution < -0.4 is 5.32 Å². The minimum Gasteiger partial charge on any atom is -0.357 e. The van der Waals surface area contributed by atoms with E-state index in [1.807, 2.05) is 42.2 Å². The second kappa shape index (κ2) is 9.43. The molecule has 1 fully saturated rings. The fraction of sp³-hybridized carbons (Fsp3) is 0.444. The van der Waals surface area contributed by atoms with Gasteiger partial charge in [-0.25, -0.2) is 4.99 Å². The molecule has 1 unspecified atom stereocenters. The van der Waals surface area contributed by atoms with Gasteiger partial charge in [-0.3, -0.25) is 4.68 Å². The number of halogens is 2. The zero-order valence-corrected chi connectivity index (χ0v) is 17.7. The Morgan fingerprint density at radius 3 is 2.88 bits per heavy atom. The van der Waals surface area contributed by atoms with Crippen molar-refractivity contribution in [2.45, 2.75) is 25.8 Å². The number of hydrogen-bond acceptors (Lipinski definition) is 2. The van der Waals surface area contributed by atoms with Crippen LogP contribution in [0.5, 0.6) is 0 Å². The van der Waals surface area contributed by atoms with Crippen molar-refractivity contribution < 1.29 is 0 Å². The van der Waals surface area contributed by atoms with Gasteiger partial charge in [0, 0.05) is 43.8 Å². The summed E-state index contributed by atoms with van der Waals surface area (Å²) in [7, 11) is 1.96. The normalized spacial score (nSPS) is 17.5. The van der Waals surface area contributed by atoms with Crippen molar-refractivity contribution in [2.75, 3.05) is 19.6 Å². The average Bonchev–Trinajstić information content (AvgIpc) is 3.21. The van der Waals surface area contributed by atoms with Gasteiger partial charge in [0.25, 0.3) is 0 Å². The number of benzene rings is 1. The van der Waals surface area contributed by atoms with E-state index in [2.05, 4.69) is 28.4 Å². The Hall–Kier alpha value is -1.28. The van der Waals surface area contributed by atoms with Gasteiger partial charge in [-0.15, -0.1) is 24.0 Å². The summed E-state index contributed by atoms with van der Waals surface area (Å²) < 4.78 is 1.87. The van der Waals surface area contributed by atoms with Crippen LogP contribution in [-0.2, 0) is 13.6 Å².